The average molecular weight is 514 g/mol. The molecule has 1 saturated heterocycles. The maximum Gasteiger partial charge on any atom is 0.272 e. The van der Waals surface area contributed by atoms with Crippen LogP contribution in [0.3, 0.4) is 0 Å². The molecule has 11 nitrogen and oxygen atoms in total. The molecule has 4 rings (SSSR count). The molecule has 0 unspecified atom stereocenters. The summed E-state index contributed by atoms with van der Waals surface area (Å²) < 4.78 is 35.7. The number of para-hydroxylation sites is 1. The first-order chi connectivity index (χ1) is 17.2. The Kier molecular flexibility index (Phi) is 7.36. The lowest BCUT2D eigenvalue weighted by Gasteiger charge is -2.18. The van der Waals surface area contributed by atoms with Crippen molar-refractivity contribution in [3.63, 3.8) is 0 Å². The zero-order chi connectivity index (χ0) is 25.9. The molecule has 1 aliphatic rings. The molecule has 0 bridgehead atoms. The Morgan fingerprint density at radius 3 is 2.50 bits per heavy atom. The van der Waals surface area contributed by atoms with E-state index in [0.29, 0.717) is 43.7 Å². The number of non-ortho nitro benzene ring substituents is 1. The Bertz CT molecular complexity index is 1380. The second-order valence-corrected chi connectivity index (χ2v) is 10.3. The van der Waals surface area contributed by atoms with Gasteiger partial charge in [0.1, 0.15) is 10.6 Å². The van der Waals surface area contributed by atoms with Crippen molar-refractivity contribution in [2.45, 2.75) is 38.0 Å². The van der Waals surface area contributed by atoms with Crippen molar-refractivity contribution >= 4 is 21.6 Å². The number of rotatable bonds is 9. The summed E-state index contributed by atoms with van der Waals surface area (Å²) in [4.78, 5) is 23.2. The Labute approximate surface area is 208 Å². The van der Waals surface area contributed by atoms with Crippen molar-refractivity contribution < 1.29 is 22.9 Å². The summed E-state index contributed by atoms with van der Waals surface area (Å²) in [6, 6.07) is 12.4. The number of sulfonamides is 1. The quantitative estimate of drug-likeness (QED) is 0.339. The molecule has 0 atom stereocenters. The fourth-order valence-electron chi connectivity index (χ4n) is 3.95. The molecular weight excluding hydrogens is 486 g/mol. The van der Waals surface area contributed by atoms with Gasteiger partial charge in [-0.25, -0.2) is 8.42 Å². The molecule has 0 saturated carbocycles. The highest BCUT2D eigenvalue weighted by Gasteiger charge is 2.33. The van der Waals surface area contributed by atoms with Crippen LogP contribution in [0.25, 0.3) is 5.69 Å². The van der Waals surface area contributed by atoms with Gasteiger partial charge in [-0.05, 0) is 44.4 Å². The van der Waals surface area contributed by atoms with Crippen LogP contribution in [0.4, 0.5) is 5.69 Å². The van der Waals surface area contributed by atoms with Gasteiger partial charge in [-0.2, -0.15) is 14.1 Å². The topological polar surface area (TPSA) is 137 Å². The number of carbonyl (C=O) groups is 1. The summed E-state index contributed by atoms with van der Waals surface area (Å²) in [5, 5.41) is 18.7. The number of ether oxygens (including phenoxy) is 1. The van der Waals surface area contributed by atoms with E-state index in [9.17, 15) is 23.3 Å². The van der Waals surface area contributed by atoms with E-state index < -0.39 is 14.9 Å². The van der Waals surface area contributed by atoms with Crippen molar-refractivity contribution in [3.05, 3.63) is 69.9 Å². The zero-order valence-corrected chi connectivity index (χ0v) is 20.8. The van der Waals surface area contributed by atoms with Gasteiger partial charge in [-0.3, -0.25) is 14.9 Å². The fraction of sp³-hybridized carbons (Fsp3) is 0.333. The first-order valence-corrected chi connectivity index (χ1v) is 13.1. The van der Waals surface area contributed by atoms with Crippen LogP contribution in [-0.4, -0.2) is 53.0 Å². The highest BCUT2D eigenvalue weighted by atomic mass is 32.2. The van der Waals surface area contributed by atoms with Crippen LogP contribution in [0, 0.1) is 17.0 Å². The van der Waals surface area contributed by atoms with Gasteiger partial charge < -0.3 is 10.1 Å². The lowest BCUT2D eigenvalue weighted by Crippen LogP contribution is -2.28. The van der Waals surface area contributed by atoms with Gasteiger partial charge in [-0.15, -0.1) is 0 Å². The minimum atomic E-state index is -4.06. The van der Waals surface area contributed by atoms with E-state index in [4.69, 9.17) is 4.74 Å². The maximum atomic E-state index is 13.4. The predicted molar refractivity (Wildman–Crippen MR) is 132 cm³/mol. The van der Waals surface area contributed by atoms with Gasteiger partial charge in [0.05, 0.1) is 10.6 Å². The lowest BCUT2D eigenvalue weighted by molar-refractivity contribution is -0.385. The molecule has 1 fully saturated rings. The number of amides is 1. The molecule has 1 amide bonds. The molecule has 12 heteroatoms. The van der Waals surface area contributed by atoms with Crippen LogP contribution in [0.2, 0.25) is 0 Å². The number of nitro benzene ring substituents is 1. The monoisotopic (exact) mass is 513 g/mol. The van der Waals surface area contributed by atoms with Crippen LogP contribution >= 0.6 is 0 Å². The summed E-state index contributed by atoms with van der Waals surface area (Å²) >= 11 is 0. The highest BCUT2D eigenvalue weighted by molar-refractivity contribution is 7.89. The normalized spacial score (nSPS) is 14.1. The number of nitrogens with zero attached hydrogens (tertiary/aromatic N) is 4. The number of aromatic nitrogens is 2. The molecule has 1 aromatic heterocycles. The Balaban J connectivity index is 1.85. The van der Waals surface area contributed by atoms with Crippen molar-refractivity contribution in [2.24, 2.45) is 0 Å². The van der Waals surface area contributed by atoms with E-state index in [1.165, 1.54) is 21.1 Å². The molecule has 0 spiro atoms. The fourth-order valence-corrected chi connectivity index (χ4v) is 5.60. The summed E-state index contributed by atoms with van der Waals surface area (Å²) in [5.74, 6) is -0.342. The molecule has 1 N–H and O–H groups in total. The van der Waals surface area contributed by atoms with Crippen molar-refractivity contribution in [3.8, 4) is 17.3 Å². The number of benzene rings is 2. The molecule has 3 aromatic rings. The maximum absolute atomic E-state index is 13.4. The van der Waals surface area contributed by atoms with Gasteiger partial charge in [-0.1, -0.05) is 25.1 Å². The second kappa shape index (κ2) is 10.5. The van der Waals surface area contributed by atoms with E-state index in [1.807, 2.05) is 13.0 Å². The molecule has 2 aromatic carbocycles. The minimum absolute atomic E-state index is 0.0896. The standard InChI is InChI=1S/C24H27N5O6S/c1-3-13-25-23(30)22-17(2)24(28(26-22)18-9-5-4-6-10-18)35-20-12-11-19(29(31)32)16-21(20)36(33,34)27-14-7-8-15-27/h4-6,9-12,16H,3,7-8,13-15H2,1-2H3,(H,25,30). The van der Waals surface area contributed by atoms with E-state index in [1.54, 1.807) is 31.2 Å². The zero-order valence-electron chi connectivity index (χ0n) is 20.0. The van der Waals surface area contributed by atoms with Crippen LogP contribution in [0.5, 0.6) is 11.6 Å². The minimum Gasteiger partial charge on any atom is -0.437 e. The third-order valence-corrected chi connectivity index (χ3v) is 7.77. The third-order valence-electron chi connectivity index (χ3n) is 5.85. The number of carbonyl (C=O) groups excluding carboxylic acids is 1. The van der Waals surface area contributed by atoms with E-state index >= 15 is 0 Å². The lowest BCUT2D eigenvalue weighted by atomic mass is 10.2. The molecule has 0 radical (unpaired) electrons. The summed E-state index contributed by atoms with van der Waals surface area (Å²) in [5.41, 5.74) is 0.757. The second-order valence-electron chi connectivity index (χ2n) is 8.38. The summed E-state index contributed by atoms with van der Waals surface area (Å²) in [7, 11) is -4.06. The van der Waals surface area contributed by atoms with E-state index in [2.05, 4.69) is 10.4 Å². The highest BCUT2D eigenvalue weighted by Crippen LogP contribution is 2.37. The van der Waals surface area contributed by atoms with Crippen molar-refractivity contribution in [1.29, 1.82) is 0 Å². The first kappa shape index (κ1) is 25.3. The molecule has 190 valence electrons. The first-order valence-electron chi connectivity index (χ1n) is 11.6. The number of hydrogen-bond acceptors (Lipinski definition) is 7. The van der Waals surface area contributed by atoms with Gasteiger partial charge in [0, 0.05) is 37.3 Å². The number of nitrogens with one attached hydrogen (secondary N) is 1. The van der Waals surface area contributed by atoms with Gasteiger partial charge in [0.25, 0.3) is 11.6 Å². The predicted octanol–water partition coefficient (Wildman–Crippen LogP) is 3.81. The van der Waals surface area contributed by atoms with E-state index in [-0.39, 0.29) is 33.8 Å². The van der Waals surface area contributed by atoms with E-state index in [0.717, 1.165) is 12.5 Å². The SMILES string of the molecule is CCCNC(=O)c1nn(-c2ccccc2)c(Oc2ccc([N+](=O)[O-])cc2S(=O)(=O)N2CCCC2)c1C. The largest absolute Gasteiger partial charge is 0.437 e. The molecule has 2 heterocycles. The van der Waals surface area contributed by atoms with Crippen LogP contribution in [0.15, 0.2) is 53.4 Å². The van der Waals surface area contributed by atoms with Crippen LogP contribution in [0.1, 0.15) is 42.2 Å². The molecular formula is C24H27N5O6S. The smallest absolute Gasteiger partial charge is 0.272 e. The van der Waals surface area contributed by atoms with Crippen LogP contribution < -0.4 is 10.1 Å². The Morgan fingerprint density at radius 2 is 1.86 bits per heavy atom. The summed E-state index contributed by atoms with van der Waals surface area (Å²) in [6.45, 7) is 4.71. The van der Waals surface area contributed by atoms with Crippen molar-refractivity contribution in [2.75, 3.05) is 19.6 Å². The molecule has 0 aliphatic carbocycles. The molecule has 1 aliphatic heterocycles. The van der Waals surface area contributed by atoms with Gasteiger partial charge in [0.15, 0.2) is 5.69 Å². The van der Waals surface area contributed by atoms with Gasteiger partial charge in [0.2, 0.25) is 15.9 Å². The number of hydrogen-bond donors (Lipinski definition) is 1. The Hall–Kier alpha value is -3.77. The van der Waals surface area contributed by atoms with Gasteiger partial charge >= 0.3 is 0 Å². The Morgan fingerprint density at radius 1 is 1.17 bits per heavy atom. The molecule has 36 heavy (non-hydrogen) atoms. The van der Waals surface area contributed by atoms with Crippen molar-refractivity contribution in [1.82, 2.24) is 19.4 Å². The number of nitro groups is 1. The van der Waals surface area contributed by atoms with Crippen LogP contribution in [-0.2, 0) is 10.0 Å². The summed E-state index contributed by atoms with van der Waals surface area (Å²) in [6.07, 6.45) is 2.16. The average Bonchev–Trinajstić information content (AvgIpc) is 3.53. The third kappa shape index (κ3) is 4.95.